The number of nitrogen functional groups attached to an aromatic ring is 1. The molecule has 25 heavy (non-hydrogen) atoms. The van der Waals surface area contributed by atoms with Crippen LogP contribution in [0.4, 0.5) is 5.13 Å². The Morgan fingerprint density at radius 3 is 2.52 bits per heavy atom. The number of rotatable bonds is 6. The zero-order valence-electron chi connectivity index (χ0n) is 14.0. The monoisotopic (exact) mass is 352 g/mol. The Kier molecular flexibility index (Phi) is 5.40. The molecule has 0 radical (unpaired) electrons. The fourth-order valence-electron chi connectivity index (χ4n) is 2.70. The van der Waals surface area contributed by atoms with Crippen LogP contribution >= 0.6 is 11.3 Å². The van der Waals surface area contributed by atoms with Crippen LogP contribution in [0.2, 0.25) is 0 Å². The van der Waals surface area contributed by atoms with Crippen LogP contribution in [-0.4, -0.2) is 22.6 Å². The van der Waals surface area contributed by atoms with E-state index in [1.807, 2.05) is 42.5 Å². The summed E-state index contributed by atoms with van der Waals surface area (Å²) in [5, 5.41) is 12.1. The van der Waals surface area contributed by atoms with Gasteiger partial charge in [-0.15, -0.1) is 10.2 Å². The Hall–Kier alpha value is -2.73. The molecule has 0 bridgehead atoms. The molecule has 5 nitrogen and oxygen atoms in total. The summed E-state index contributed by atoms with van der Waals surface area (Å²) >= 11 is 1.39. The lowest BCUT2D eigenvalue weighted by Gasteiger charge is -2.12. The van der Waals surface area contributed by atoms with Gasteiger partial charge in [-0.2, -0.15) is 0 Å². The van der Waals surface area contributed by atoms with E-state index in [9.17, 15) is 4.79 Å². The smallest absolute Gasteiger partial charge is 0.251 e. The lowest BCUT2D eigenvalue weighted by Crippen LogP contribution is -2.25. The minimum atomic E-state index is -0.0596. The largest absolute Gasteiger partial charge is 0.374 e. The minimum Gasteiger partial charge on any atom is -0.374 e. The molecule has 1 heterocycles. The molecular weight excluding hydrogens is 332 g/mol. The second-order valence-corrected chi connectivity index (χ2v) is 6.85. The average Bonchev–Trinajstić information content (AvgIpc) is 3.04. The maximum atomic E-state index is 12.6. The molecule has 3 rings (SSSR count). The van der Waals surface area contributed by atoms with Gasteiger partial charge in [-0.25, -0.2) is 0 Å². The van der Waals surface area contributed by atoms with Crippen molar-refractivity contribution in [3.63, 3.8) is 0 Å². The number of anilines is 1. The molecule has 6 heteroatoms. The van der Waals surface area contributed by atoms with E-state index in [0.29, 0.717) is 17.2 Å². The molecule has 3 aromatic rings. The van der Waals surface area contributed by atoms with Gasteiger partial charge in [0.1, 0.15) is 5.01 Å². The zero-order valence-corrected chi connectivity index (χ0v) is 14.8. The highest BCUT2D eigenvalue weighted by Crippen LogP contribution is 2.26. The van der Waals surface area contributed by atoms with Gasteiger partial charge < -0.3 is 11.1 Å². The Bertz CT molecular complexity index is 875. The molecule has 0 fully saturated rings. The molecular formula is C19H20N4OS. The molecule has 0 atom stereocenters. The van der Waals surface area contributed by atoms with E-state index in [0.717, 1.165) is 34.5 Å². The van der Waals surface area contributed by atoms with Crippen molar-refractivity contribution < 1.29 is 4.79 Å². The Morgan fingerprint density at radius 1 is 1.08 bits per heavy atom. The predicted molar refractivity (Wildman–Crippen MR) is 102 cm³/mol. The SMILES string of the molecule is Cc1ccccc1-c1ccccc1C(=O)NCCCc1nnc(N)s1. The number of amides is 1. The van der Waals surface area contributed by atoms with Gasteiger partial charge in [0, 0.05) is 18.5 Å². The number of nitrogens with two attached hydrogens (primary N) is 1. The summed E-state index contributed by atoms with van der Waals surface area (Å²) in [5.74, 6) is -0.0596. The third kappa shape index (κ3) is 4.22. The highest BCUT2D eigenvalue weighted by Gasteiger charge is 2.13. The molecule has 0 saturated heterocycles. The number of carbonyl (C=O) groups is 1. The number of benzene rings is 2. The van der Waals surface area contributed by atoms with Gasteiger partial charge in [-0.05, 0) is 36.1 Å². The van der Waals surface area contributed by atoms with Crippen molar-refractivity contribution in [2.45, 2.75) is 19.8 Å². The first-order chi connectivity index (χ1) is 12.1. The van der Waals surface area contributed by atoms with E-state index < -0.39 is 0 Å². The fraction of sp³-hybridized carbons (Fsp3) is 0.211. The van der Waals surface area contributed by atoms with Crippen LogP contribution in [0, 0.1) is 6.92 Å². The van der Waals surface area contributed by atoms with Crippen molar-refractivity contribution in [3.05, 3.63) is 64.7 Å². The van der Waals surface area contributed by atoms with Crippen LogP contribution in [0.1, 0.15) is 27.3 Å². The van der Waals surface area contributed by atoms with E-state index in [-0.39, 0.29) is 5.91 Å². The van der Waals surface area contributed by atoms with E-state index in [1.165, 1.54) is 11.3 Å². The normalized spacial score (nSPS) is 10.6. The predicted octanol–water partition coefficient (Wildman–Crippen LogP) is 3.46. The number of hydrogen-bond donors (Lipinski definition) is 2. The molecule has 3 N–H and O–H groups in total. The molecule has 128 valence electrons. The van der Waals surface area contributed by atoms with Crippen molar-refractivity contribution in [1.29, 1.82) is 0 Å². The van der Waals surface area contributed by atoms with E-state index in [1.54, 1.807) is 0 Å². The van der Waals surface area contributed by atoms with Gasteiger partial charge >= 0.3 is 0 Å². The summed E-state index contributed by atoms with van der Waals surface area (Å²) in [5.41, 5.74) is 9.44. The summed E-state index contributed by atoms with van der Waals surface area (Å²) in [6.45, 7) is 2.64. The Morgan fingerprint density at radius 2 is 1.80 bits per heavy atom. The van der Waals surface area contributed by atoms with Crippen LogP contribution in [0.3, 0.4) is 0 Å². The van der Waals surface area contributed by atoms with Crippen LogP contribution in [0.15, 0.2) is 48.5 Å². The molecule has 0 unspecified atom stereocenters. The highest BCUT2D eigenvalue weighted by atomic mass is 32.1. The topological polar surface area (TPSA) is 80.9 Å². The van der Waals surface area contributed by atoms with Gasteiger partial charge in [0.25, 0.3) is 5.91 Å². The molecule has 0 saturated carbocycles. The Balaban J connectivity index is 1.65. The summed E-state index contributed by atoms with van der Waals surface area (Å²) in [6, 6.07) is 15.8. The second kappa shape index (κ2) is 7.90. The highest BCUT2D eigenvalue weighted by molar-refractivity contribution is 7.15. The van der Waals surface area contributed by atoms with Gasteiger partial charge in [0.05, 0.1) is 0 Å². The Labute approximate surface area is 150 Å². The standard InChI is InChI=1S/C19H20N4OS/c1-13-7-2-3-8-14(13)15-9-4-5-10-16(15)18(24)21-12-6-11-17-22-23-19(20)25-17/h2-5,7-10H,6,11-12H2,1H3,(H2,20,23)(H,21,24). The van der Waals surface area contributed by atoms with Crippen molar-refractivity contribution >= 4 is 22.4 Å². The molecule has 0 aliphatic carbocycles. The number of hydrogen-bond acceptors (Lipinski definition) is 5. The van der Waals surface area contributed by atoms with Crippen molar-refractivity contribution in [3.8, 4) is 11.1 Å². The van der Waals surface area contributed by atoms with Gasteiger partial charge in [-0.3, -0.25) is 4.79 Å². The molecule has 0 aliphatic heterocycles. The third-order valence-electron chi connectivity index (χ3n) is 3.94. The molecule has 2 aromatic carbocycles. The van der Waals surface area contributed by atoms with E-state index in [2.05, 4.69) is 28.5 Å². The summed E-state index contributed by atoms with van der Waals surface area (Å²) in [7, 11) is 0. The summed E-state index contributed by atoms with van der Waals surface area (Å²) in [4.78, 5) is 12.6. The summed E-state index contributed by atoms with van der Waals surface area (Å²) in [6.07, 6.45) is 1.56. The van der Waals surface area contributed by atoms with Gasteiger partial charge in [-0.1, -0.05) is 53.8 Å². The van der Waals surface area contributed by atoms with Gasteiger partial charge in [0.2, 0.25) is 5.13 Å². The first-order valence-corrected chi connectivity index (χ1v) is 8.98. The maximum absolute atomic E-state index is 12.6. The van der Waals surface area contributed by atoms with E-state index >= 15 is 0 Å². The summed E-state index contributed by atoms with van der Waals surface area (Å²) < 4.78 is 0. The third-order valence-corrected chi connectivity index (χ3v) is 4.75. The lowest BCUT2D eigenvalue weighted by atomic mass is 9.95. The van der Waals surface area contributed by atoms with Crippen LogP contribution in [0.5, 0.6) is 0 Å². The lowest BCUT2D eigenvalue weighted by molar-refractivity contribution is 0.0954. The number of nitrogens with one attached hydrogen (secondary N) is 1. The van der Waals surface area contributed by atoms with Crippen LogP contribution in [0.25, 0.3) is 11.1 Å². The van der Waals surface area contributed by atoms with Crippen LogP contribution in [-0.2, 0) is 6.42 Å². The van der Waals surface area contributed by atoms with Gasteiger partial charge in [0.15, 0.2) is 0 Å². The minimum absolute atomic E-state index is 0.0596. The number of aryl methyl sites for hydroxylation is 2. The van der Waals surface area contributed by atoms with E-state index in [4.69, 9.17) is 5.73 Å². The number of carbonyl (C=O) groups excluding carboxylic acids is 1. The molecule has 1 amide bonds. The fourth-order valence-corrected chi connectivity index (χ4v) is 3.35. The number of aromatic nitrogens is 2. The van der Waals surface area contributed by atoms with Crippen LogP contribution < -0.4 is 11.1 Å². The maximum Gasteiger partial charge on any atom is 0.251 e. The average molecular weight is 352 g/mol. The molecule has 0 aliphatic rings. The zero-order chi connectivity index (χ0) is 17.6. The van der Waals surface area contributed by atoms with Crippen molar-refractivity contribution in [1.82, 2.24) is 15.5 Å². The quantitative estimate of drug-likeness (QED) is 0.666. The molecule has 0 spiro atoms. The second-order valence-electron chi connectivity index (χ2n) is 5.75. The van der Waals surface area contributed by atoms with Crippen molar-refractivity contribution in [2.75, 3.05) is 12.3 Å². The first-order valence-electron chi connectivity index (χ1n) is 8.16. The molecule has 1 aromatic heterocycles. The number of nitrogens with zero attached hydrogens (tertiary/aromatic N) is 2. The van der Waals surface area contributed by atoms with Crippen molar-refractivity contribution in [2.24, 2.45) is 0 Å². The first kappa shape index (κ1) is 17.1.